The Balaban J connectivity index is 2.13. The van der Waals surface area contributed by atoms with Crippen molar-refractivity contribution in [2.24, 2.45) is 5.92 Å². The number of carbonyl (C=O) groups is 1. The second kappa shape index (κ2) is 3.42. The van der Waals surface area contributed by atoms with Crippen LogP contribution in [0.3, 0.4) is 0 Å². The van der Waals surface area contributed by atoms with E-state index in [0.717, 1.165) is 6.54 Å². The zero-order valence-corrected chi connectivity index (χ0v) is 6.72. The molecular formula is C8H13NO2. The smallest absolute Gasteiger partial charge is 0.285 e. The summed E-state index contributed by atoms with van der Waals surface area (Å²) in [6.45, 7) is 4.20. The number of rotatable bonds is 4. The molecule has 0 spiro atoms. The summed E-state index contributed by atoms with van der Waals surface area (Å²) < 4.78 is 4.66. The molecule has 1 aliphatic carbocycles. The Bertz CT molecular complexity index is 173. The summed E-state index contributed by atoms with van der Waals surface area (Å²) in [4.78, 5) is 11.0. The third kappa shape index (κ3) is 2.62. The summed E-state index contributed by atoms with van der Waals surface area (Å²) in [6, 6.07) is 0. The first kappa shape index (κ1) is 8.11. The minimum atomic E-state index is -0.195. The highest BCUT2D eigenvalue weighted by atomic mass is 16.5. The van der Waals surface area contributed by atoms with Gasteiger partial charge >= 0.3 is 0 Å². The number of methoxy groups -OCH3 is 1. The Labute approximate surface area is 66.4 Å². The SMILES string of the molecule is C=C(OC)C(=O)NCC1CC1. The highest BCUT2D eigenvalue weighted by Gasteiger charge is 2.22. The lowest BCUT2D eigenvalue weighted by atomic mass is 10.4. The van der Waals surface area contributed by atoms with Crippen LogP contribution in [0.5, 0.6) is 0 Å². The molecule has 0 aliphatic heterocycles. The van der Waals surface area contributed by atoms with Gasteiger partial charge in [-0.25, -0.2) is 0 Å². The number of amides is 1. The Morgan fingerprint density at radius 1 is 1.73 bits per heavy atom. The Hall–Kier alpha value is -0.990. The normalized spacial score (nSPS) is 15.7. The maximum atomic E-state index is 11.0. The lowest BCUT2D eigenvalue weighted by molar-refractivity contribution is -0.120. The molecule has 0 radical (unpaired) electrons. The quantitative estimate of drug-likeness (QED) is 0.478. The molecule has 0 aromatic carbocycles. The zero-order chi connectivity index (χ0) is 8.27. The van der Waals surface area contributed by atoms with Gasteiger partial charge in [-0.1, -0.05) is 6.58 Å². The predicted octanol–water partition coefficient (Wildman–Crippen LogP) is 0.673. The fourth-order valence-electron chi connectivity index (χ4n) is 0.750. The van der Waals surface area contributed by atoms with Crippen molar-refractivity contribution < 1.29 is 9.53 Å². The summed E-state index contributed by atoms with van der Waals surface area (Å²) in [5, 5.41) is 2.73. The van der Waals surface area contributed by atoms with Crippen LogP contribution in [0.25, 0.3) is 0 Å². The number of hydrogen-bond donors (Lipinski definition) is 1. The second-order valence-electron chi connectivity index (χ2n) is 2.78. The molecule has 0 bridgehead atoms. The molecule has 1 saturated carbocycles. The van der Waals surface area contributed by atoms with E-state index in [4.69, 9.17) is 0 Å². The Morgan fingerprint density at radius 3 is 2.82 bits per heavy atom. The van der Waals surface area contributed by atoms with E-state index in [0.29, 0.717) is 5.92 Å². The van der Waals surface area contributed by atoms with Gasteiger partial charge in [0.1, 0.15) is 0 Å². The van der Waals surface area contributed by atoms with Gasteiger partial charge in [0.15, 0.2) is 5.76 Å². The molecule has 0 saturated heterocycles. The number of hydrogen-bond acceptors (Lipinski definition) is 2. The molecule has 3 heteroatoms. The monoisotopic (exact) mass is 155 g/mol. The molecule has 1 rings (SSSR count). The summed E-state index contributed by atoms with van der Waals surface area (Å²) in [5.74, 6) is 0.689. The van der Waals surface area contributed by atoms with Crippen LogP contribution in [-0.2, 0) is 9.53 Å². The molecule has 62 valence electrons. The molecule has 1 aliphatic rings. The van der Waals surface area contributed by atoms with Crippen molar-refractivity contribution in [3.05, 3.63) is 12.3 Å². The van der Waals surface area contributed by atoms with Gasteiger partial charge in [-0.2, -0.15) is 0 Å². The van der Waals surface area contributed by atoms with E-state index >= 15 is 0 Å². The standard InChI is InChI=1S/C8H13NO2/c1-6(11-2)8(10)9-5-7-3-4-7/h7H,1,3-5H2,2H3,(H,9,10). The van der Waals surface area contributed by atoms with Crippen LogP contribution in [-0.4, -0.2) is 19.6 Å². The van der Waals surface area contributed by atoms with Crippen LogP contribution in [0.4, 0.5) is 0 Å². The van der Waals surface area contributed by atoms with Gasteiger partial charge in [0.2, 0.25) is 0 Å². The van der Waals surface area contributed by atoms with Crippen LogP contribution < -0.4 is 5.32 Å². The first-order chi connectivity index (χ1) is 5.24. The van der Waals surface area contributed by atoms with Crippen molar-refractivity contribution in [2.45, 2.75) is 12.8 Å². The van der Waals surface area contributed by atoms with Gasteiger partial charge in [0.25, 0.3) is 5.91 Å². The van der Waals surface area contributed by atoms with E-state index in [-0.39, 0.29) is 11.7 Å². The molecule has 0 unspecified atom stereocenters. The highest BCUT2D eigenvalue weighted by molar-refractivity contribution is 5.90. The largest absolute Gasteiger partial charge is 0.492 e. The van der Waals surface area contributed by atoms with Crippen LogP contribution in [0.2, 0.25) is 0 Å². The molecule has 1 fully saturated rings. The summed E-state index contributed by atoms with van der Waals surface area (Å²) in [5.41, 5.74) is 0. The first-order valence-electron chi connectivity index (χ1n) is 3.75. The van der Waals surface area contributed by atoms with Crippen LogP contribution in [0, 0.1) is 5.92 Å². The average molecular weight is 155 g/mol. The third-order valence-corrected chi connectivity index (χ3v) is 1.75. The maximum Gasteiger partial charge on any atom is 0.285 e. The molecule has 0 aromatic heterocycles. The van der Waals surface area contributed by atoms with Gasteiger partial charge in [0.05, 0.1) is 7.11 Å². The van der Waals surface area contributed by atoms with E-state index < -0.39 is 0 Å². The molecule has 1 amide bonds. The van der Waals surface area contributed by atoms with Crippen molar-refractivity contribution >= 4 is 5.91 Å². The molecule has 0 aromatic rings. The Kier molecular flexibility index (Phi) is 2.52. The summed E-state index contributed by atoms with van der Waals surface area (Å²) in [6.07, 6.45) is 2.47. The topological polar surface area (TPSA) is 38.3 Å². The molecule has 0 atom stereocenters. The minimum absolute atomic E-state index is 0.186. The van der Waals surface area contributed by atoms with Gasteiger partial charge < -0.3 is 10.1 Å². The number of ether oxygens (including phenoxy) is 1. The minimum Gasteiger partial charge on any atom is -0.492 e. The van der Waals surface area contributed by atoms with Gasteiger partial charge in [-0.15, -0.1) is 0 Å². The molecular weight excluding hydrogens is 142 g/mol. The fraction of sp³-hybridized carbons (Fsp3) is 0.625. The third-order valence-electron chi connectivity index (χ3n) is 1.75. The molecule has 3 nitrogen and oxygen atoms in total. The van der Waals surface area contributed by atoms with Crippen molar-refractivity contribution in [3.8, 4) is 0 Å². The van der Waals surface area contributed by atoms with E-state index in [9.17, 15) is 4.79 Å². The van der Waals surface area contributed by atoms with E-state index in [2.05, 4.69) is 16.6 Å². The first-order valence-corrected chi connectivity index (χ1v) is 3.75. The number of carbonyl (C=O) groups excluding carboxylic acids is 1. The van der Waals surface area contributed by atoms with Crippen LogP contribution >= 0.6 is 0 Å². The Morgan fingerprint density at radius 2 is 2.36 bits per heavy atom. The zero-order valence-electron chi connectivity index (χ0n) is 6.72. The van der Waals surface area contributed by atoms with Gasteiger partial charge in [0, 0.05) is 6.54 Å². The van der Waals surface area contributed by atoms with Crippen molar-refractivity contribution in [1.29, 1.82) is 0 Å². The van der Waals surface area contributed by atoms with E-state index in [1.165, 1.54) is 20.0 Å². The average Bonchev–Trinajstić information content (AvgIpc) is 2.81. The fourth-order valence-corrected chi connectivity index (χ4v) is 0.750. The second-order valence-corrected chi connectivity index (χ2v) is 2.78. The van der Waals surface area contributed by atoms with Gasteiger partial charge in [-0.3, -0.25) is 4.79 Å². The van der Waals surface area contributed by atoms with Crippen molar-refractivity contribution in [3.63, 3.8) is 0 Å². The van der Waals surface area contributed by atoms with E-state index in [1.54, 1.807) is 0 Å². The van der Waals surface area contributed by atoms with Crippen LogP contribution in [0.15, 0.2) is 12.3 Å². The molecule has 0 heterocycles. The lowest BCUT2D eigenvalue weighted by Crippen LogP contribution is -2.27. The van der Waals surface area contributed by atoms with Crippen molar-refractivity contribution in [1.82, 2.24) is 5.32 Å². The highest BCUT2D eigenvalue weighted by Crippen LogP contribution is 2.27. The van der Waals surface area contributed by atoms with Gasteiger partial charge in [-0.05, 0) is 18.8 Å². The molecule has 11 heavy (non-hydrogen) atoms. The lowest BCUT2D eigenvalue weighted by Gasteiger charge is -2.04. The predicted molar refractivity (Wildman–Crippen MR) is 41.9 cm³/mol. The number of nitrogens with one attached hydrogen (secondary N) is 1. The summed E-state index contributed by atoms with van der Waals surface area (Å²) >= 11 is 0. The van der Waals surface area contributed by atoms with Crippen LogP contribution in [0.1, 0.15) is 12.8 Å². The molecule has 1 N–H and O–H groups in total. The van der Waals surface area contributed by atoms with Crippen molar-refractivity contribution in [2.75, 3.05) is 13.7 Å². The maximum absolute atomic E-state index is 11.0. The van der Waals surface area contributed by atoms with E-state index in [1.807, 2.05) is 0 Å². The summed E-state index contributed by atoms with van der Waals surface area (Å²) in [7, 11) is 1.44.